The number of fused-ring (bicyclic) bond motifs is 1. The number of benzene rings is 1. The molecule has 0 spiro atoms. The van der Waals surface area contributed by atoms with E-state index in [0.717, 1.165) is 0 Å². The molecule has 0 saturated heterocycles. The standard InChI is InChI=1S/C13H14N2O4/c1-13(2,3)14-10-8-6-4-5-7-9(8)19-12(16)11(10)15(17)18/h4-7,11H,1-3H3. The Morgan fingerprint density at radius 1 is 1.32 bits per heavy atom. The fourth-order valence-electron chi connectivity index (χ4n) is 1.86. The van der Waals surface area contributed by atoms with Gasteiger partial charge in [0.15, 0.2) is 0 Å². The lowest BCUT2D eigenvalue weighted by Gasteiger charge is -2.23. The third kappa shape index (κ3) is 2.62. The van der Waals surface area contributed by atoms with E-state index in [0.29, 0.717) is 11.3 Å². The normalized spacial score (nSPS) is 20.9. The van der Waals surface area contributed by atoms with Crippen LogP contribution in [0.4, 0.5) is 0 Å². The Bertz CT molecular complexity index is 572. The van der Waals surface area contributed by atoms with Gasteiger partial charge in [0.2, 0.25) is 0 Å². The summed E-state index contributed by atoms with van der Waals surface area (Å²) in [6, 6.07) is 5.14. The average Bonchev–Trinajstić information content (AvgIpc) is 2.26. The van der Waals surface area contributed by atoms with Crippen LogP contribution in [0.1, 0.15) is 26.3 Å². The number of nitro groups is 1. The lowest BCUT2D eigenvalue weighted by Crippen LogP contribution is -2.45. The van der Waals surface area contributed by atoms with Crippen LogP contribution >= 0.6 is 0 Å². The van der Waals surface area contributed by atoms with E-state index in [1.54, 1.807) is 24.3 Å². The van der Waals surface area contributed by atoms with Crippen LogP contribution in [0.5, 0.6) is 5.75 Å². The second kappa shape index (κ2) is 4.46. The maximum atomic E-state index is 11.8. The summed E-state index contributed by atoms with van der Waals surface area (Å²) < 4.78 is 4.99. The molecule has 1 aliphatic heterocycles. The molecular formula is C13H14N2O4. The number of para-hydroxylation sites is 1. The second-order valence-electron chi connectivity index (χ2n) is 5.27. The van der Waals surface area contributed by atoms with Crippen LogP contribution < -0.4 is 4.74 Å². The minimum atomic E-state index is -1.56. The van der Waals surface area contributed by atoms with Crippen molar-refractivity contribution in [2.45, 2.75) is 32.4 Å². The van der Waals surface area contributed by atoms with Crippen molar-refractivity contribution in [2.24, 2.45) is 4.99 Å². The highest BCUT2D eigenvalue weighted by Crippen LogP contribution is 2.28. The van der Waals surface area contributed by atoms with Gasteiger partial charge in [-0.25, -0.2) is 4.79 Å². The molecule has 1 heterocycles. The lowest BCUT2D eigenvalue weighted by molar-refractivity contribution is -0.491. The smallest absolute Gasteiger partial charge is 0.393 e. The first-order valence-electron chi connectivity index (χ1n) is 5.84. The van der Waals surface area contributed by atoms with E-state index in [1.807, 2.05) is 20.8 Å². The van der Waals surface area contributed by atoms with Crippen molar-refractivity contribution in [1.29, 1.82) is 0 Å². The zero-order valence-electron chi connectivity index (χ0n) is 10.9. The van der Waals surface area contributed by atoms with Crippen LogP contribution in [0, 0.1) is 10.1 Å². The van der Waals surface area contributed by atoms with Gasteiger partial charge in [-0.05, 0) is 32.9 Å². The summed E-state index contributed by atoms with van der Waals surface area (Å²) in [5, 5.41) is 11.1. The maximum Gasteiger partial charge on any atom is 0.393 e. The van der Waals surface area contributed by atoms with E-state index in [4.69, 9.17) is 4.74 Å². The first kappa shape index (κ1) is 13.2. The molecular weight excluding hydrogens is 248 g/mol. The van der Waals surface area contributed by atoms with Gasteiger partial charge in [-0.15, -0.1) is 0 Å². The van der Waals surface area contributed by atoms with Gasteiger partial charge >= 0.3 is 12.0 Å². The second-order valence-corrected chi connectivity index (χ2v) is 5.27. The monoisotopic (exact) mass is 262 g/mol. The van der Waals surface area contributed by atoms with Crippen LogP contribution in [0.25, 0.3) is 0 Å². The number of rotatable bonds is 1. The number of esters is 1. The molecule has 2 rings (SSSR count). The molecule has 6 heteroatoms. The van der Waals surface area contributed by atoms with Gasteiger partial charge in [0.25, 0.3) is 0 Å². The molecule has 1 aromatic carbocycles. The van der Waals surface area contributed by atoms with Crippen molar-refractivity contribution < 1.29 is 14.5 Å². The predicted molar refractivity (Wildman–Crippen MR) is 69.1 cm³/mol. The van der Waals surface area contributed by atoms with Crippen molar-refractivity contribution >= 4 is 11.7 Å². The lowest BCUT2D eigenvalue weighted by atomic mass is 9.98. The van der Waals surface area contributed by atoms with E-state index in [1.165, 1.54) is 0 Å². The topological polar surface area (TPSA) is 81.8 Å². The van der Waals surface area contributed by atoms with Crippen LogP contribution in [-0.2, 0) is 4.79 Å². The van der Waals surface area contributed by atoms with Crippen molar-refractivity contribution in [1.82, 2.24) is 0 Å². The largest absolute Gasteiger partial charge is 0.420 e. The summed E-state index contributed by atoms with van der Waals surface area (Å²) >= 11 is 0. The Kier molecular flexibility index (Phi) is 3.09. The van der Waals surface area contributed by atoms with Crippen molar-refractivity contribution in [2.75, 3.05) is 0 Å². The first-order chi connectivity index (χ1) is 8.79. The Morgan fingerprint density at radius 3 is 2.53 bits per heavy atom. The maximum absolute atomic E-state index is 11.8. The molecule has 1 unspecified atom stereocenters. The highest BCUT2D eigenvalue weighted by molar-refractivity contribution is 6.18. The first-order valence-corrected chi connectivity index (χ1v) is 5.84. The van der Waals surface area contributed by atoms with Crippen LogP contribution in [0.3, 0.4) is 0 Å². The molecule has 0 amide bonds. The summed E-state index contributed by atoms with van der Waals surface area (Å²) in [5.41, 5.74) is 0.136. The molecule has 0 N–H and O–H groups in total. The summed E-state index contributed by atoms with van der Waals surface area (Å²) in [7, 11) is 0. The Morgan fingerprint density at radius 2 is 1.95 bits per heavy atom. The molecule has 1 aliphatic rings. The van der Waals surface area contributed by atoms with Gasteiger partial charge in [-0.2, -0.15) is 0 Å². The van der Waals surface area contributed by atoms with Gasteiger partial charge in [0.05, 0.1) is 5.54 Å². The van der Waals surface area contributed by atoms with E-state index < -0.39 is 22.5 Å². The van der Waals surface area contributed by atoms with Crippen molar-refractivity contribution in [3.63, 3.8) is 0 Å². The number of ether oxygens (including phenoxy) is 1. The van der Waals surface area contributed by atoms with Gasteiger partial charge in [-0.3, -0.25) is 15.1 Å². The van der Waals surface area contributed by atoms with Gasteiger partial charge in [0, 0.05) is 10.5 Å². The number of hydrogen-bond donors (Lipinski definition) is 0. The molecule has 0 saturated carbocycles. The van der Waals surface area contributed by atoms with Crippen LogP contribution in [-0.4, -0.2) is 28.2 Å². The molecule has 19 heavy (non-hydrogen) atoms. The summed E-state index contributed by atoms with van der Waals surface area (Å²) in [6.45, 7) is 5.46. The molecule has 0 bridgehead atoms. The third-order valence-corrected chi connectivity index (χ3v) is 2.52. The summed E-state index contributed by atoms with van der Waals surface area (Å²) in [6.07, 6.45) is 0. The van der Waals surface area contributed by atoms with E-state index in [9.17, 15) is 14.9 Å². The number of nitrogens with zero attached hydrogens (tertiary/aromatic N) is 2. The van der Waals surface area contributed by atoms with Crippen molar-refractivity contribution in [3.05, 3.63) is 39.9 Å². The quantitative estimate of drug-likeness (QED) is 0.334. The Labute approximate surface area is 110 Å². The highest BCUT2D eigenvalue weighted by atomic mass is 16.6. The predicted octanol–water partition coefficient (Wildman–Crippen LogP) is 1.84. The zero-order valence-corrected chi connectivity index (χ0v) is 10.9. The molecule has 6 nitrogen and oxygen atoms in total. The highest BCUT2D eigenvalue weighted by Gasteiger charge is 2.44. The van der Waals surface area contributed by atoms with E-state index in [2.05, 4.69) is 4.99 Å². The van der Waals surface area contributed by atoms with Gasteiger partial charge in [0.1, 0.15) is 11.5 Å². The van der Waals surface area contributed by atoms with Gasteiger partial charge in [-0.1, -0.05) is 12.1 Å². The van der Waals surface area contributed by atoms with Crippen LogP contribution in [0.2, 0.25) is 0 Å². The average molecular weight is 262 g/mol. The number of carbonyl (C=O) groups excluding carboxylic acids is 1. The van der Waals surface area contributed by atoms with Crippen LogP contribution in [0.15, 0.2) is 29.3 Å². The fourth-order valence-corrected chi connectivity index (χ4v) is 1.86. The molecule has 0 radical (unpaired) electrons. The number of hydrogen-bond acceptors (Lipinski definition) is 5. The Hall–Kier alpha value is -2.24. The minimum Gasteiger partial charge on any atom is -0.420 e. The summed E-state index contributed by atoms with van der Waals surface area (Å²) in [4.78, 5) is 26.5. The van der Waals surface area contributed by atoms with E-state index in [-0.39, 0.29) is 5.71 Å². The zero-order chi connectivity index (χ0) is 14.2. The fraction of sp³-hybridized carbons (Fsp3) is 0.385. The molecule has 1 atom stereocenters. The number of aliphatic imine (C=N–C) groups is 1. The SMILES string of the molecule is CC(C)(C)N=C1c2ccccc2OC(=O)C1[N+](=O)[O-]. The minimum absolute atomic E-state index is 0.157. The molecule has 0 fully saturated rings. The van der Waals surface area contributed by atoms with Crippen molar-refractivity contribution in [3.8, 4) is 5.75 Å². The molecule has 1 aromatic rings. The van der Waals surface area contributed by atoms with E-state index >= 15 is 0 Å². The number of carbonyl (C=O) groups is 1. The van der Waals surface area contributed by atoms with Gasteiger partial charge < -0.3 is 4.74 Å². The summed E-state index contributed by atoms with van der Waals surface area (Å²) in [5.74, 6) is -0.583. The Balaban J connectivity index is 2.65. The molecule has 100 valence electrons. The molecule has 0 aromatic heterocycles. The molecule has 0 aliphatic carbocycles. The third-order valence-electron chi connectivity index (χ3n) is 2.52.